The topological polar surface area (TPSA) is 74.7 Å². The fourth-order valence-corrected chi connectivity index (χ4v) is 3.83. The van der Waals surface area contributed by atoms with Gasteiger partial charge in [-0.25, -0.2) is 8.78 Å². The summed E-state index contributed by atoms with van der Waals surface area (Å²) in [6, 6.07) is 7.17. The van der Waals surface area contributed by atoms with Crippen molar-refractivity contribution < 1.29 is 31.8 Å². The molecule has 0 aliphatic heterocycles. The Morgan fingerprint density at radius 2 is 1.79 bits per heavy atom. The molecular weight excluding hydrogens is 459 g/mol. The zero-order valence-corrected chi connectivity index (χ0v) is 18.8. The summed E-state index contributed by atoms with van der Waals surface area (Å²) in [5.41, 5.74) is -3.77. The number of aliphatic hydroxyl groups is 1. The van der Waals surface area contributed by atoms with Crippen molar-refractivity contribution in [1.82, 2.24) is 4.98 Å². The number of aliphatic imine (C=N–C) groups is 1. The quantitative estimate of drug-likeness (QED) is 0.357. The number of alkyl halides is 3. The van der Waals surface area contributed by atoms with E-state index in [1.54, 1.807) is 0 Å². The molecule has 2 aromatic carbocycles. The van der Waals surface area contributed by atoms with E-state index >= 15 is 0 Å². The third-order valence-corrected chi connectivity index (χ3v) is 6.10. The van der Waals surface area contributed by atoms with E-state index in [9.17, 15) is 31.9 Å². The molecule has 0 spiro atoms. The number of ether oxygens (including phenoxy) is 1. The Kier molecular flexibility index (Phi) is 6.84. The fourth-order valence-electron chi connectivity index (χ4n) is 3.83. The van der Waals surface area contributed by atoms with Crippen LogP contribution in [0.15, 0.2) is 46.2 Å². The number of benzene rings is 2. The first-order chi connectivity index (χ1) is 15.8. The number of hydrogen-bond donors (Lipinski definition) is 2. The van der Waals surface area contributed by atoms with Crippen LogP contribution < -0.4 is 10.3 Å². The van der Waals surface area contributed by atoms with E-state index in [-0.39, 0.29) is 33.5 Å². The van der Waals surface area contributed by atoms with Crippen LogP contribution in [0.5, 0.6) is 5.75 Å². The van der Waals surface area contributed by atoms with Gasteiger partial charge in [-0.1, -0.05) is 26.0 Å². The van der Waals surface area contributed by atoms with Crippen LogP contribution in [-0.2, 0) is 0 Å². The third kappa shape index (κ3) is 4.54. The lowest BCUT2D eigenvalue weighted by Gasteiger charge is -2.36. The van der Waals surface area contributed by atoms with Gasteiger partial charge < -0.3 is 14.8 Å². The molecular formula is C24H23F5N2O3. The SMILES string of the molecule is COc1c(C(C)C(C)C(O)(/C=N/c2cc(F)cc3[nH]c(=O)ccc23)C(F)(F)F)ccc(C)c1F. The van der Waals surface area contributed by atoms with Gasteiger partial charge in [-0.05, 0) is 30.5 Å². The second-order valence-corrected chi connectivity index (χ2v) is 8.19. The average Bonchev–Trinajstić information content (AvgIpc) is 2.76. The molecule has 0 aliphatic rings. The number of fused-ring (bicyclic) bond motifs is 1. The number of nitrogens with zero attached hydrogens (tertiary/aromatic N) is 1. The molecule has 0 saturated heterocycles. The molecule has 0 aliphatic carbocycles. The van der Waals surface area contributed by atoms with E-state index in [0.29, 0.717) is 6.21 Å². The van der Waals surface area contributed by atoms with Crippen molar-refractivity contribution in [1.29, 1.82) is 0 Å². The van der Waals surface area contributed by atoms with E-state index in [4.69, 9.17) is 4.74 Å². The lowest BCUT2D eigenvalue weighted by molar-refractivity contribution is -0.246. The molecule has 1 aromatic heterocycles. The van der Waals surface area contributed by atoms with Gasteiger partial charge in [-0.2, -0.15) is 13.2 Å². The van der Waals surface area contributed by atoms with Crippen molar-refractivity contribution in [3.05, 3.63) is 69.5 Å². The van der Waals surface area contributed by atoms with E-state index in [1.165, 1.54) is 39.2 Å². The number of halogens is 5. The molecule has 34 heavy (non-hydrogen) atoms. The molecule has 3 rings (SSSR count). The van der Waals surface area contributed by atoms with Crippen molar-refractivity contribution in [2.45, 2.75) is 38.5 Å². The summed E-state index contributed by atoms with van der Waals surface area (Å²) in [6.07, 6.45) is -4.86. The first-order valence-electron chi connectivity index (χ1n) is 10.3. The summed E-state index contributed by atoms with van der Waals surface area (Å²) in [7, 11) is 1.20. The number of pyridine rings is 1. The van der Waals surface area contributed by atoms with Crippen molar-refractivity contribution in [2.24, 2.45) is 10.9 Å². The highest BCUT2D eigenvalue weighted by Crippen LogP contribution is 2.44. The van der Waals surface area contributed by atoms with Crippen LogP contribution in [0.3, 0.4) is 0 Å². The molecule has 0 radical (unpaired) electrons. The van der Waals surface area contributed by atoms with E-state index < -0.39 is 40.8 Å². The van der Waals surface area contributed by atoms with Gasteiger partial charge in [0.25, 0.3) is 0 Å². The Balaban J connectivity index is 2.10. The third-order valence-electron chi connectivity index (χ3n) is 6.10. The first-order valence-corrected chi connectivity index (χ1v) is 10.3. The number of H-pyrrole nitrogens is 1. The molecule has 3 atom stereocenters. The van der Waals surface area contributed by atoms with Crippen LogP contribution >= 0.6 is 0 Å². The van der Waals surface area contributed by atoms with E-state index in [1.807, 2.05) is 0 Å². The maximum atomic E-state index is 14.5. The lowest BCUT2D eigenvalue weighted by Crippen LogP contribution is -2.53. The standard InChI is InChI=1S/C24H23F5N2O3/c1-12-5-6-16(22(34-4)21(12)26)13(2)14(3)23(33,24(27,28)29)11-30-18-9-15(25)10-19-17(18)7-8-20(32)31-19/h5-11,13-14,33H,1-4H3,(H,31,32)/b30-11+. The maximum absolute atomic E-state index is 14.5. The second-order valence-electron chi connectivity index (χ2n) is 8.19. The second kappa shape index (κ2) is 9.17. The number of methoxy groups -OCH3 is 1. The van der Waals surface area contributed by atoms with Gasteiger partial charge in [0, 0.05) is 35.2 Å². The minimum Gasteiger partial charge on any atom is -0.493 e. The monoisotopic (exact) mass is 482 g/mol. The molecule has 5 nitrogen and oxygen atoms in total. The maximum Gasteiger partial charge on any atom is 0.422 e. The predicted molar refractivity (Wildman–Crippen MR) is 119 cm³/mol. The fraction of sp³-hybridized carbons (Fsp3) is 0.333. The van der Waals surface area contributed by atoms with Crippen molar-refractivity contribution >= 4 is 22.8 Å². The molecule has 0 amide bonds. The molecule has 3 unspecified atom stereocenters. The summed E-state index contributed by atoms with van der Waals surface area (Å²) in [5.74, 6) is -4.32. The van der Waals surface area contributed by atoms with Gasteiger partial charge in [-0.15, -0.1) is 0 Å². The van der Waals surface area contributed by atoms with Crippen LogP contribution in [0.2, 0.25) is 0 Å². The largest absolute Gasteiger partial charge is 0.493 e. The van der Waals surface area contributed by atoms with Gasteiger partial charge in [0.1, 0.15) is 5.82 Å². The zero-order valence-electron chi connectivity index (χ0n) is 18.8. The number of aromatic amines is 1. The summed E-state index contributed by atoms with van der Waals surface area (Å²) in [5, 5.41) is 11.0. The Morgan fingerprint density at radius 1 is 1.12 bits per heavy atom. The highest BCUT2D eigenvalue weighted by Gasteiger charge is 2.57. The Bertz CT molecular complexity index is 1300. The number of aryl methyl sites for hydroxylation is 1. The molecule has 1 heterocycles. The van der Waals surface area contributed by atoms with Crippen molar-refractivity contribution in [3.63, 3.8) is 0 Å². The van der Waals surface area contributed by atoms with Gasteiger partial charge in [0.2, 0.25) is 5.56 Å². The predicted octanol–water partition coefficient (Wildman–Crippen LogP) is 5.56. The Labute approximate surface area is 191 Å². The smallest absolute Gasteiger partial charge is 0.422 e. The number of nitrogens with one attached hydrogen (secondary N) is 1. The van der Waals surface area contributed by atoms with Crippen molar-refractivity contribution in [3.8, 4) is 5.75 Å². The van der Waals surface area contributed by atoms with Crippen LogP contribution in [0.4, 0.5) is 27.6 Å². The van der Waals surface area contributed by atoms with Crippen LogP contribution in [-0.4, -0.2) is 35.2 Å². The van der Waals surface area contributed by atoms with Gasteiger partial charge in [0.05, 0.1) is 18.3 Å². The van der Waals surface area contributed by atoms with Crippen LogP contribution in [0.1, 0.15) is 30.9 Å². The molecule has 0 fully saturated rings. The minimum atomic E-state index is -5.17. The lowest BCUT2D eigenvalue weighted by atomic mass is 9.76. The average molecular weight is 482 g/mol. The zero-order chi connectivity index (χ0) is 25.4. The Morgan fingerprint density at radius 3 is 2.41 bits per heavy atom. The van der Waals surface area contributed by atoms with E-state index in [2.05, 4.69) is 9.98 Å². The highest BCUT2D eigenvalue weighted by atomic mass is 19.4. The number of hydrogen-bond acceptors (Lipinski definition) is 4. The Hall–Kier alpha value is -3.27. The summed E-state index contributed by atoms with van der Waals surface area (Å²) in [6.45, 7) is 4.05. The number of aromatic nitrogens is 1. The van der Waals surface area contributed by atoms with Gasteiger partial charge in [0.15, 0.2) is 17.2 Å². The minimum absolute atomic E-state index is 0.0384. The summed E-state index contributed by atoms with van der Waals surface area (Å²) in [4.78, 5) is 17.7. The molecule has 3 aromatic rings. The molecule has 2 N–H and O–H groups in total. The number of rotatable bonds is 6. The molecule has 0 bridgehead atoms. The normalized spacial score (nSPS) is 15.9. The van der Waals surface area contributed by atoms with Crippen LogP contribution in [0.25, 0.3) is 10.9 Å². The van der Waals surface area contributed by atoms with Crippen LogP contribution in [0, 0.1) is 24.5 Å². The van der Waals surface area contributed by atoms with E-state index in [0.717, 1.165) is 25.1 Å². The highest BCUT2D eigenvalue weighted by molar-refractivity contribution is 5.92. The molecule has 10 heteroatoms. The molecule has 182 valence electrons. The van der Waals surface area contributed by atoms with Gasteiger partial charge >= 0.3 is 6.18 Å². The summed E-state index contributed by atoms with van der Waals surface area (Å²) >= 11 is 0. The van der Waals surface area contributed by atoms with Gasteiger partial charge in [-0.3, -0.25) is 9.79 Å². The summed E-state index contributed by atoms with van der Waals surface area (Å²) < 4.78 is 76.0. The first kappa shape index (κ1) is 25.4. The molecule has 0 saturated carbocycles. The van der Waals surface area contributed by atoms with Crippen molar-refractivity contribution in [2.75, 3.05) is 7.11 Å².